The molecule has 81 heavy (non-hydrogen) atoms. The number of piperidine rings is 1. The standard InChI is InChI=1S/2C10H20.C9H19N.C8H17NO.C8H15NO.C8H17NO.C8H18.C7H16.C5H13N/c2*1-10(2,3)9-7-5-4-6-8-9;1-9(2,3)10-7-5-4-6-8-10;1-8(2,3)9-4-6-10-7-5-9;1-8(2,3)9-6-4-5-7(9)10;1-7(2,3)8(4,5)6(9)10;1-7(2,3)8(4,5)6;1-6(2)7(3,4)5;1-5(2,3)6-4/h2*9H,4-8H2,1-3H3;4-8H2,1-3H3;4-7H2,1-3H3;4-6H2,1-3H3;1-5H3,(H2,9,10);1-6H3;6H,1-5H3;6H,1-4H3. The smallest absolute Gasteiger partial charge is 0.223 e. The van der Waals surface area contributed by atoms with Crippen molar-refractivity contribution in [2.45, 2.75) is 354 Å². The van der Waals surface area contributed by atoms with E-state index in [1.54, 1.807) is 0 Å². The van der Waals surface area contributed by atoms with Crippen molar-refractivity contribution >= 4 is 11.8 Å². The average Bonchev–Trinajstić information content (AvgIpc) is 3.76. The summed E-state index contributed by atoms with van der Waals surface area (Å²) in [5.74, 6) is 2.88. The fourth-order valence-electron chi connectivity index (χ4n) is 8.46. The van der Waals surface area contributed by atoms with Crippen LogP contribution >= 0.6 is 0 Å². The summed E-state index contributed by atoms with van der Waals surface area (Å²) in [6.45, 7) is 82.8. The third kappa shape index (κ3) is 43.1. The van der Waals surface area contributed by atoms with Crippen molar-refractivity contribution < 1.29 is 14.3 Å². The molecule has 0 aromatic rings. The molecule has 0 atom stereocenters. The number of morpholine rings is 1. The van der Waals surface area contributed by atoms with Gasteiger partial charge in [-0.2, -0.15) is 0 Å². The Bertz CT molecular complexity index is 1440. The van der Waals surface area contributed by atoms with Gasteiger partial charge in [0.05, 0.1) is 13.2 Å². The Kier molecular flexibility index (Phi) is 39.9. The van der Waals surface area contributed by atoms with Crippen molar-refractivity contribution in [3.05, 3.63) is 0 Å². The summed E-state index contributed by atoms with van der Waals surface area (Å²) in [7, 11) is 1.96. The highest BCUT2D eigenvalue weighted by Gasteiger charge is 2.38. The number of nitrogens with two attached hydrogens (primary N) is 1. The van der Waals surface area contributed by atoms with Crippen molar-refractivity contribution in [2.24, 2.45) is 61.4 Å². The number of carbonyl (C=O) groups excluding carboxylic acids is 2. The van der Waals surface area contributed by atoms with Gasteiger partial charge in [-0.25, -0.2) is 0 Å². The molecule has 3 N–H and O–H groups in total. The molecule has 0 aromatic heterocycles. The number of hydrogen-bond acceptors (Lipinski definition) is 6. The SMILES string of the molecule is CC(C)(C)C(C)(C)C.CC(C)(C)C(C)(C)C(N)=O.CC(C)(C)C1CCCCC1.CC(C)(C)C1CCCCC1.CC(C)(C)N1CCCC1=O.CC(C)(C)N1CCCCC1.CC(C)(C)N1CCOCC1.CC(C)C(C)(C)C.CNC(C)(C)C. The molecule has 490 valence electrons. The number of carbonyl (C=O) groups is 2. The van der Waals surface area contributed by atoms with Crippen LogP contribution in [0.15, 0.2) is 0 Å². The van der Waals surface area contributed by atoms with Crippen LogP contribution in [0.1, 0.15) is 332 Å². The lowest BCUT2D eigenvalue weighted by atomic mass is 9.69. The third-order valence-electron chi connectivity index (χ3n) is 19.0. The normalized spacial score (nSPS) is 19.0. The van der Waals surface area contributed by atoms with Gasteiger partial charge in [-0.05, 0) is 198 Å². The second kappa shape index (κ2) is 37.5. The Morgan fingerprint density at radius 3 is 0.889 bits per heavy atom. The first-order valence-corrected chi connectivity index (χ1v) is 33.3. The van der Waals surface area contributed by atoms with Crippen LogP contribution in [0.25, 0.3) is 0 Å². The summed E-state index contributed by atoms with van der Waals surface area (Å²) < 4.78 is 5.25. The van der Waals surface area contributed by atoms with Crippen molar-refractivity contribution in [1.29, 1.82) is 0 Å². The maximum Gasteiger partial charge on any atom is 0.223 e. The highest BCUT2D eigenvalue weighted by atomic mass is 16.5. The number of likely N-dealkylation sites (tertiary alicyclic amines) is 2. The molecule has 3 heterocycles. The first kappa shape index (κ1) is 86.2. The molecule has 3 aliphatic heterocycles. The Morgan fingerprint density at radius 1 is 0.457 bits per heavy atom. The maximum absolute atomic E-state index is 11.1. The molecular weight excluding hydrogens is 995 g/mol. The molecule has 0 aromatic carbocycles. The highest BCUT2D eigenvalue weighted by Crippen LogP contribution is 2.40. The number of rotatable bonds is 1. The van der Waals surface area contributed by atoms with Gasteiger partial charge in [0, 0.05) is 53.6 Å². The zero-order valence-corrected chi connectivity index (χ0v) is 62.4. The monoisotopic (exact) mass is 1150 g/mol. The number of ether oxygens (including phenoxy) is 1. The van der Waals surface area contributed by atoms with Crippen LogP contribution in [0.4, 0.5) is 0 Å². The van der Waals surface area contributed by atoms with E-state index >= 15 is 0 Å². The van der Waals surface area contributed by atoms with E-state index in [1.165, 1.54) is 96.6 Å². The fourth-order valence-corrected chi connectivity index (χ4v) is 8.46. The molecule has 5 fully saturated rings. The van der Waals surface area contributed by atoms with Gasteiger partial charge in [0.1, 0.15) is 0 Å². The quantitative estimate of drug-likeness (QED) is 0.272. The zero-order valence-electron chi connectivity index (χ0n) is 62.4. The number of nitrogens with zero attached hydrogens (tertiary/aromatic N) is 3. The van der Waals surface area contributed by atoms with Crippen LogP contribution in [-0.2, 0) is 14.3 Å². The van der Waals surface area contributed by atoms with Gasteiger partial charge in [0.15, 0.2) is 0 Å². The van der Waals surface area contributed by atoms with Crippen molar-refractivity contribution in [3.8, 4) is 0 Å². The second-order valence-electron chi connectivity index (χ2n) is 36.0. The molecule has 0 spiro atoms. The summed E-state index contributed by atoms with van der Waals surface area (Å²) >= 11 is 0. The minimum absolute atomic E-state index is 0.0353. The van der Waals surface area contributed by atoms with Crippen LogP contribution < -0.4 is 11.1 Å². The maximum atomic E-state index is 11.1. The molecule has 8 heteroatoms. The van der Waals surface area contributed by atoms with Gasteiger partial charge in [0.25, 0.3) is 0 Å². The second-order valence-corrected chi connectivity index (χ2v) is 36.0. The lowest BCUT2D eigenvalue weighted by Gasteiger charge is -2.38. The van der Waals surface area contributed by atoms with Gasteiger partial charge < -0.3 is 20.7 Å². The number of primary amides is 1. The number of hydrogen-bond donors (Lipinski definition) is 2. The van der Waals surface area contributed by atoms with Gasteiger partial charge in [0.2, 0.25) is 11.8 Å². The molecule has 8 nitrogen and oxygen atoms in total. The molecule has 0 unspecified atom stereocenters. The van der Waals surface area contributed by atoms with Crippen LogP contribution in [0, 0.1) is 55.7 Å². The largest absolute Gasteiger partial charge is 0.379 e. The van der Waals surface area contributed by atoms with E-state index in [2.05, 4.69) is 216 Å². The predicted octanol–water partition coefficient (Wildman–Crippen LogP) is 20.3. The van der Waals surface area contributed by atoms with Crippen molar-refractivity contribution in [1.82, 2.24) is 20.0 Å². The number of nitrogens with one attached hydrogen (secondary N) is 1. The molecule has 0 bridgehead atoms. The lowest BCUT2D eigenvalue weighted by molar-refractivity contribution is -0.132. The topological polar surface area (TPSA) is 91.1 Å². The van der Waals surface area contributed by atoms with E-state index in [0.29, 0.717) is 49.6 Å². The minimum atomic E-state index is -0.424. The van der Waals surface area contributed by atoms with Gasteiger partial charge in [-0.3, -0.25) is 19.4 Å². The Morgan fingerprint density at radius 2 is 0.753 bits per heavy atom. The summed E-state index contributed by atoms with van der Waals surface area (Å²) in [5.41, 5.74) is 8.31. The first-order chi connectivity index (χ1) is 35.9. The molecule has 2 aliphatic carbocycles. The van der Waals surface area contributed by atoms with E-state index in [1.807, 2.05) is 46.6 Å². The van der Waals surface area contributed by atoms with Crippen LogP contribution in [0.2, 0.25) is 0 Å². The lowest BCUT2D eigenvalue weighted by Crippen LogP contribution is -2.47. The van der Waals surface area contributed by atoms with Gasteiger partial charge in [-0.1, -0.05) is 197 Å². The van der Waals surface area contributed by atoms with Gasteiger partial charge in [-0.15, -0.1) is 0 Å². The number of amides is 2. The summed E-state index contributed by atoms with van der Waals surface area (Å²) in [4.78, 5) is 29.0. The molecule has 5 aliphatic rings. The Hall–Kier alpha value is -1.22. The molecule has 0 radical (unpaired) electrons. The van der Waals surface area contributed by atoms with E-state index in [-0.39, 0.29) is 16.9 Å². The van der Waals surface area contributed by atoms with E-state index < -0.39 is 5.41 Å². The van der Waals surface area contributed by atoms with E-state index in [4.69, 9.17) is 10.5 Å². The van der Waals surface area contributed by atoms with E-state index in [9.17, 15) is 9.59 Å². The molecule has 3 saturated heterocycles. The van der Waals surface area contributed by atoms with E-state index in [0.717, 1.165) is 63.4 Å². The third-order valence-corrected chi connectivity index (χ3v) is 19.0. The van der Waals surface area contributed by atoms with Crippen LogP contribution in [-0.4, -0.2) is 102 Å². The van der Waals surface area contributed by atoms with Crippen LogP contribution in [0.5, 0.6) is 0 Å². The first-order valence-electron chi connectivity index (χ1n) is 33.3. The van der Waals surface area contributed by atoms with Gasteiger partial charge >= 0.3 is 0 Å². The molecule has 2 saturated carbocycles. The zero-order chi connectivity index (χ0) is 65.1. The Balaban J connectivity index is -0.000000414. The van der Waals surface area contributed by atoms with Crippen molar-refractivity contribution in [2.75, 3.05) is 53.0 Å². The summed E-state index contributed by atoms with van der Waals surface area (Å²) in [5, 5.41) is 3.10. The van der Waals surface area contributed by atoms with Crippen LogP contribution in [0.3, 0.4) is 0 Å². The highest BCUT2D eigenvalue weighted by molar-refractivity contribution is 5.80. The summed E-state index contributed by atoms with van der Waals surface area (Å²) in [6.07, 6.45) is 20.8. The molecule has 2 amide bonds. The minimum Gasteiger partial charge on any atom is -0.379 e. The molecule has 5 rings (SSSR count). The average molecular weight is 1150 g/mol. The fraction of sp³-hybridized carbons (Fsp3) is 0.973. The predicted molar refractivity (Wildman–Crippen MR) is 365 cm³/mol. The van der Waals surface area contributed by atoms with Crippen molar-refractivity contribution in [3.63, 3.8) is 0 Å². The summed E-state index contributed by atoms with van der Waals surface area (Å²) in [6, 6.07) is 0. The molecular formula is C73H155N5O3. The Labute approximate surface area is 512 Å².